The van der Waals surface area contributed by atoms with Crippen LogP contribution in [0.2, 0.25) is 5.02 Å². The summed E-state index contributed by atoms with van der Waals surface area (Å²) in [7, 11) is -4.43. The second-order valence-electron chi connectivity index (χ2n) is 8.38. The van der Waals surface area contributed by atoms with Crippen molar-refractivity contribution in [2.24, 2.45) is 5.92 Å². The molecule has 1 amide bonds. The molecule has 0 aromatic heterocycles. The summed E-state index contributed by atoms with van der Waals surface area (Å²) in [4.78, 5) is 13.0. The van der Waals surface area contributed by atoms with Crippen molar-refractivity contribution in [2.75, 3.05) is 33.8 Å². The summed E-state index contributed by atoms with van der Waals surface area (Å²) in [5.41, 5.74) is 0.736. The van der Waals surface area contributed by atoms with Crippen molar-refractivity contribution in [2.45, 2.75) is 36.1 Å². The normalized spacial score (nSPS) is 17.3. The molecule has 1 aliphatic rings. The molecular formula is C23H30ClN3O6S2. The third-order valence-electron chi connectivity index (χ3n) is 5.76. The van der Waals surface area contributed by atoms with Crippen LogP contribution in [0.1, 0.15) is 25.3 Å². The number of ether oxygens (including phenoxy) is 1. The number of piperidine rings is 1. The summed E-state index contributed by atoms with van der Waals surface area (Å²) in [5.74, 6) is -0.332. The molecule has 9 nitrogen and oxygen atoms in total. The summed E-state index contributed by atoms with van der Waals surface area (Å²) in [6, 6.07) is 10.6. The van der Waals surface area contributed by atoms with E-state index < -0.39 is 26.0 Å². The van der Waals surface area contributed by atoms with Gasteiger partial charge in [-0.05, 0) is 55.7 Å². The van der Waals surface area contributed by atoms with Crippen molar-refractivity contribution in [3.05, 3.63) is 53.1 Å². The Hall–Kier alpha value is -2.18. The lowest BCUT2D eigenvalue weighted by Crippen LogP contribution is -2.45. The molecule has 0 unspecified atom stereocenters. The average molecular weight is 544 g/mol. The Morgan fingerprint density at radius 1 is 1.11 bits per heavy atom. The molecule has 2 aromatic carbocycles. The number of nitrogens with one attached hydrogen (secondary N) is 1. The van der Waals surface area contributed by atoms with E-state index in [1.54, 1.807) is 12.1 Å². The van der Waals surface area contributed by atoms with Crippen LogP contribution >= 0.6 is 11.6 Å². The summed E-state index contributed by atoms with van der Waals surface area (Å²) in [6.07, 6.45) is 1.13. The molecule has 1 aliphatic heterocycles. The molecule has 1 heterocycles. The Labute approximate surface area is 212 Å². The smallest absolute Gasteiger partial charge is 0.243 e. The molecule has 1 saturated heterocycles. The van der Waals surface area contributed by atoms with E-state index >= 15 is 0 Å². The first kappa shape index (κ1) is 27.4. The van der Waals surface area contributed by atoms with Crippen LogP contribution in [0.4, 0.5) is 0 Å². The van der Waals surface area contributed by atoms with Crippen molar-refractivity contribution < 1.29 is 26.4 Å². The van der Waals surface area contributed by atoms with Crippen LogP contribution in [0, 0.1) is 5.92 Å². The van der Waals surface area contributed by atoms with Crippen molar-refractivity contribution >= 4 is 37.6 Å². The van der Waals surface area contributed by atoms with Gasteiger partial charge in [0, 0.05) is 33.7 Å². The summed E-state index contributed by atoms with van der Waals surface area (Å²) in [6.45, 7) is 2.81. The first-order chi connectivity index (χ1) is 16.5. The van der Waals surface area contributed by atoms with E-state index in [1.165, 1.54) is 48.7 Å². The second-order valence-corrected chi connectivity index (χ2v) is 12.9. The molecule has 12 heteroatoms. The number of carbonyl (C=O) groups excluding carboxylic acids is 1. The third-order valence-corrected chi connectivity index (χ3v) is 9.75. The number of hydrogen-bond donors (Lipinski definition) is 1. The monoisotopic (exact) mass is 543 g/mol. The molecule has 3 rings (SSSR count). The van der Waals surface area contributed by atoms with Crippen LogP contribution < -0.4 is 10.1 Å². The van der Waals surface area contributed by atoms with Crippen LogP contribution in [-0.4, -0.2) is 65.1 Å². The van der Waals surface area contributed by atoms with Crippen molar-refractivity contribution in [3.8, 4) is 5.75 Å². The maximum Gasteiger partial charge on any atom is 0.243 e. The highest BCUT2D eigenvalue weighted by Gasteiger charge is 2.33. The fourth-order valence-electron chi connectivity index (χ4n) is 3.76. The van der Waals surface area contributed by atoms with Crippen LogP contribution in [0.5, 0.6) is 5.75 Å². The van der Waals surface area contributed by atoms with Gasteiger partial charge in [0.15, 0.2) is 0 Å². The molecule has 1 N–H and O–H groups in total. The van der Waals surface area contributed by atoms with Gasteiger partial charge in [0.05, 0.1) is 27.3 Å². The van der Waals surface area contributed by atoms with Gasteiger partial charge in [-0.1, -0.05) is 23.7 Å². The van der Waals surface area contributed by atoms with Gasteiger partial charge in [-0.25, -0.2) is 21.1 Å². The molecule has 0 bridgehead atoms. The van der Waals surface area contributed by atoms with E-state index in [-0.39, 0.29) is 33.8 Å². The highest BCUT2D eigenvalue weighted by molar-refractivity contribution is 7.89. The van der Waals surface area contributed by atoms with Crippen LogP contribution in [0.25, 0.3) is 0 Å². The number of benzene rings is 2. The summed E-state index contributed by atoms with van der Waals surface area (Å²) in [5, 5.41) is 3.05. The van der Waals surface area contributed by atoms with Crippen molar-refractivity contribution in [3.63, 3.8) is 0 Å². The fraction of sp³-hybridized carbons (Fsp3) is 0.435. The Bertz CT molecular complexity index is 1260. The lowest BCUT2D eigenvalue weighted by atomic mass is 9.99. The molecule has 0 aliphatic carbocycles. The quantitative estimate of drug-likeness (QED) is 0.520. The van der Waals surface area contributed by atoms with Crippen LogP contribution in [-0.2, 0) is 31.4 Å². The number of rotatable bonds is 9. The Balaban J connectivity index is 1.63. The molecule has 0 spiro atoms. The highest BCUT2D eigenvalue weighted by atomic mass is 35.5. The van der Waals surface area contributed by atoms with Crippen LogP contribution in [0.15, 0.2) is 52.3 Å². The first-order valence-corrected chi connectivity index (χ1v) is 14.4. The third kappa shape index (κ3) is 6.34. The maximum absolute atomic E-state index is 13.2. The van der Waals surface area contributed by atoms with E-state index in [0.29, 0.717) is 31.7 Å². The lowest BCUT2D eigenvalue weighted by Gasteiger charge is -2.31. The standard InChI is InChI=1S/C23H30ClN3O6S2/c1-4-33-22-12-11-20(14-21(22)24)35(31,32)27-13-5-6-18(16-27)23(28)25-15-17-7-9-19(10-8-17)34(29,30)26(2)3/h7-12,14,18H,4-6,13,15-16H2,1-3H3,(H,25,28)/t18-/m0/s1. The number of amides is 1. The number of hydrogen-bond acceptors (Lipinski definition) is 6. The van der Waals surface area contributed by atoms with Gasteiger partial charge in [-0.3, -0.25) is 4.79 Å². The number of sulfonamides is 2. The van der Waals surface area contributed by atoms with Gasteiger partial charge in [-0.15, -0.1) is 0 Å². The van der Waals surface area contributed by atoms with E-state index in [1.807, 2.05) is 6.92 Å². The SMILES string of the molecule is CCOc1ccc(S(=O)(=O)N2CCC[C@H](C(=O)NCc3ccc(S(=O)(=O)N(C)C)cc3)C2)cc1Cl. The Morgan fingerprint density at radius 3 is 2.37 bits per heavy atom. The molecule has 2 aromatic rings. The number of nitrogens with zero attached hydrogens (tertiary/aromatic N) is 2. The number of carbonyl (C=O) groups is 1. The largest absolute Gasteiger partial charge is 0.492 e. The van der Waals surface area contributed by atoms with Gasteiger partial charge < -0.3 is 10.1 Å². The van der Waals surface area contributed by atoms with E-state index in [2.05, 4.69) is 5.32 Å². The molecule has 1 fully saturated rings. The summed E-state index contributed by atoms with van der Waals surface area (Å²) >= 11 is 6.17. The Kier molecular flexibility index (Phi) is 8.81. The minimum absolute atomic E-state index is 0.0553. The average Bonchev–Trinajstić information content (AvgIpc) is 2.84. The highest BCUT2D eigenvalue weighted by Crippen LogP contribution is 2.30. The zero-order chi connectivity index (χ0) is 25.8. The number of halogens is 1. The minimum Gasteiger partial charge on any atom is -0.492 e. The van der Waals surface area contributed by atoms with Gasteiger partial charge in [0.2, 0.25) is 26.0 Å². The molecular weight excluding hydrogens is 514 g/mol. The first-order valence-electron chi connectivity index (χ1n) is 11.2. The zero-order valence-electron chi connectivity index (χ0n) is 19.9. The predicted molar refractivity (Wildman–Crippen MR) is 133 cm³/mol. The molecule has 192 valence electrons. The maximum atomic E-state index is 13.2. The molecule has 0 radical (unpaired) electrons. The topological polar surface area (TPSA) is 113 Å². The van der Waals surface area contributed by atoms with Gasteiger partial charge in [0.1, 0.15) is 5.75 Å². The molecule has 35 heavy (non-hydrogen) atoms. The lowest BCUT2D eigenvalue weighted by molar-refractivity contribution is -0.126. The fourth-order valence-corrected chi connectivity index (χ4v) is 6.51. The zero-order valence-corrected chi connectivity index (χ0v) is 22.3. The molecule has 0 saturated carbocycles. The van der Waals surface area contributed by atoms with Gasteiger partial charge >= 0.3 is 0 Å². The van der Waals surface area contributed by atoms with Crippen molar-refractivity contribution in [1.82, 2.24) is 13.9 Å². The van der Waals surface area contributed by atoms with Gasteiger partial charge in [0.25, 0.3) is 0 Å². The van der Waals surface area contributed by atoms with Crippen molar-refractivity contribution in [1.29, 1.82) is 0 Å². The predicted octanol–water partition coefficient (Wildman–Crippen LogP) is 2.71. The second kappa shape index (κ2) is 11.3. The van der Waals surface area contributed by atoms with Gasteiger partial charge in [-0.2, -0.15) is 4.31 Å². The Morgan fingerprint density at radius 2 is 1.77 bits per heavy atom. The minimum atomic E-state index is -3.82. The van der Waals surface area contributed by atoms with E-state index in [4.69, 9.17) is 16.3 Å². The van der Waals surface area contributed by atoms with E-state index in [0.717, 1.165) is 9.87 Å². The summed E-state index contributed by atoms with van der Waals surface area (Å²) < 4.78 is 58.5. The van der Waals surface area contributed by atoms with E-state index in [9.17, 15) is 21.6 Å². The molecule has 1 atom stereocenters. The van der Waals surface area contributed by atoms with Crippen LogP contribution in [0.3, 0.4) is 0 Å².